The summed E-state index contributed by atoms with van der Waals surface area (Å²) < 4.78 is 13.8. The van der Waals surface area contributed by atoms with Gasteiger partial charge in [-0.15, -0.1) is 0 Å². The number of hydrogen-bond acceptors (Lipinski definition) is 1. The number of benzene rings is 2. The lowest BCUT2D eigenvalue weighted by molar-refractivity contribution is 0.0992. The molecule has 0 aliphatic carbocycles. The molecule has 4 heteroatoms. The molecule has 0 heterocycles. The van der Waals surface area contributed by atoms with Crippen molar-refractivity contribution in [2.75, 3.05) is 0 Å². The Bertz CT molecular complexity index is 598. The van der Waals surface area contributed by atoms with Gasteiger partial charge in [-0.2, -0.15) is 0 Å². The maximum absolute atomic E-state index is 12.9. The molecule has 0 saturated carbocycles. The predicted octanol–water partition coefficient (Wildman–Crippen LogP) is 4.51. The van der Waals surface area contributed by atoms with E-state index in [0.717, 1.165) is 3.57 Å². The first kappa shape index (κ1) is 13.5. The van der Waals surface area contributed by atoms with Crippen LogP contribution in [0.1, 0.15) is 15.9 Å². The van der Waals surface area contributed by atoms with Gasteiger partial charge >= 0.3 is 0 Å². The van der Waals surface area contributed by atoms with Gasteiger partial charge in [0, 0.05) is 20.6 Å². The summed E-state index contributed by atoms with van der Waals surface area (Å²) in [5.74, 6) is -0.418. The zero-order valence-corrected chi connectivity index (χ0v) is 12.2. The summed E-state index contributed by atoms with van der Waals surface area (Å²) in [5, 5.41) is 0.286. The van der Waals surface area contributed by atoms with Crippen molar-refractivity contribution in [2.45, 2.75) is 6.42 Å². The first-order valence-corrected chi connectivity index (χ1v) is 6.75. The van der Waals surface area contributed by atoms with Gasteiger partial charge in [0.25, 0.3) is 0 Å². The van der Waals surface area contributed by atoms with Crippen molar-refractivity contribution in [3.63, 3.8) is 0 Å². The first-order chi connectivity index (χ1) is 8.58. The van der Waals surface area contributed by atoms with E-state index in [9.17, 15) is 9.18 Å². The lowest BCUT2D eigenvalue weighted by atomic mass is 10.0. The predicted molar refractivity (Wildman–Crippen MR) is 78.6 cm³/mol. The number of carbonyl (C=O) groups excluding carboxylic acids is 1. The molecule has 2 rings (SSSR count). The molecule has 0 radical (unpaired) electrons. The maximum Gasteiger partial charge on any atom is 0.168 e. The number of halogens is 3. The highest BCUT2D eigenvalue weighted by molar-refractivity contribution is 14.1. The molecule has 18 heavy (non-hydrogen) atoms. The molecule has 0 saturated heterocycles. The Balaban J connectivity index is 2.24. The average molecular weight is 375 g/mol. The van der Waals surface area contributed by atoms with Gasteiger partial charge in [0.1, 0.15) is 5.82 Å². The lowest BCUT2D eigenvalue weighted by Gasteiger charge is -2.05. The maximum atomic E-state index is 12.9. The van der Waals surface area contributed by atoms with Crippen molar-refractivity contribution in [1.29, 1.82) is 0 Å². The van der Waals surface area contributed by atoms with E-state index in [1.165, 1.54) is 12.1 Å². The Morgan fingerprint density at radius 2 is 1.94 bits per heavy atom. The summed E-state index contributed by atoms with van der Waals surface area (Å²) in [6, 6.07) is 11.4. The third-order valence-corrected chi connectivity index (χ3v) is 3.83. The number of ketones is 1. The molecule has 0 atom stereocenters. The second-order valence-corrected chi connectivity index (χ2v) is 5.38. The van der Waals surface area contributed by atoms with Gasteiger partial charge in [0.05, 0.1) is 0 Å². The minimum Gasteiger partial charge on any atom is -0.294 e. The second kappa shape index (κ2) is 5.80. The summed E-state index contributed by atoms with van der Waals surface area (Å²) in [6.45, 7) is 0. The number of hydrogen-bond donors (Lipinski definition) is 0. The highest BCUT2D eigenvalue weighted by Gasteiger charge is 2.12. The van der Waals surface area contributed by atoms with Crippen molar-refractivity contribution in [3.8, 4) is 0 Å². The van der Waals surface area contributed by atoms with Crippen LogP contribution in [0.25, 0.3) is 0 Å². The van der Waals surface area contributed by atoms with Crippen molar-refractivity contribution < 1.29 is 9.18 Å². The Labute approximate surface area is 123 Å². The molecule has 0 aliphatic rings. The van der Waals surface area contributed by atoms with E-state index in [-0.39, 0.29) is 17.2 Å². The quantitative estimate of drug-likeness (QED) is 0.571. The molecule has 0 unspecified atom stereocenters. The normalized spacial score (nSPS) is 10.4. The Kier molecular flexibility index (Phi) is 4.35. The van der Waals surface area contributed by atoms with E-state index in [4.69, 9.17) is 11.6 Å². The highest BCUT2D eigenvalue weighted by Crippen LogP contribution is 2.20. The molecule has 0 spiro atoms. The molecule has 0 fully saturated rings. The summed E-state index contributed by atoms with van der Waals surface area (Å²) in [4.78, 5) is 12.1. The Hall–Kier alpha value is -0.940. The van der Waals surface area contributed by atoms with Crippen LogP contribution in [0.15, 0.2) is 42.5 Å². The van der Waals surface area contributed by atoms with Gasteiger partial charge in [0.2, 0.25) is 0 Å². The average Bonchev–Trinajstić information content (AvgIpc) is 2.33. The fourth-order valence-electron chi connectivity index (χ4n) is 1.62. The van der Waals surface area contributed by atoms with Crippen molar-refractivity contribution in [3.05, 3.63) is 68.0 Å². The van der Waals surface area contributed by atoms with Gasteiger partial charge in [0.15, 0.2) is 5.78 Å². The van der Waals surface area contributed by atoms with Crippen LogP contribution < -0.4 is 0 Å². The number of rotatable bonds is 3. The van der Waals surface area contributed by atoms with E-state index in [2.05, 4.69) is 22.6 Å². The largest absolute Gasteiger partial charge is 0.294 e. The standard InChI is InChI=1S/C14H9ClFIO/c15-12-8-10(16)6-5-9(12)7-14(18)11-3-1-2-4-13(11)17/h1-6,8H,7H2. The van der Waals surface area contributed by atoms with Gasteiger partial charge in [-0.25, -0.2) is 4.39 Å². The molecular formula is C14H9ClFIO. The summed E-state index contributed by atoms with van der Waals surface area (Å²) >= 11 is 8.03. The van der Waals surface area contributed by atoms with Crippen LogP contribution in [0.5, 0.6) is 0 Å². The van der Waals surface area contributed by atoms with Crippen LogP contribution >= 0.6 is 34.2 Å². The van der Waals surface area contributed by atoms with Crippen molar-refractivity contribution in [1.82, 2.24) is 0 Å². The highest BCUT2D eigenvalue weighted by atomic mass is 127. The van der Waals surface area contributed by atoms with Crippen LogP contribution in [-0.4, -0.2) is 5.78 Å². The van der Waals surface area contributed by atoms with E-state index in [1.54, 1.807) is 12.1 Å². The van der Waals surface area contributed by atoms with Gasteiger partial charge in [-0.05, 0) is 46.4 Å². The third-order valence-electron chi connectivity index (χ3n) is 2.54. The monoisotopic (exact) mass is 374 g/mol. The summed E-state index contributed by atoms with van der Waals surface area (Å²) in [5.41, 5.74) is 1.31. The summed E-state index contributed by atoms with van der Waals surface area (Å²) in [7, 11) is 0. The van der Waals surface area contributed by atoms with E-state index >= 15 is 0 Å². The minimum atomic E-state index is -0.398. The number of Topliss-reactive ketones (excluding diaryl/α,β-unsaturated/α-hetero) is 1. The van der Waals surface area contributed by atoms with E-state index in [0.29, 0.717) is 11.1 Å². The van der Waals surface area contributed by atoms with Crippen LogP contribution in [0.4, 0.5) is 4.39 Å². The van der Waals surface area contributed by atoms with Gasteiger partial charge < -0.3 is 0 Å². The van der Waals surface area contributed by atoms with Crippen LogP contribution in [-0.2, 0) is 6.42 Å². The van der Waals surface area contributed by atoms with E-state index in [1.807, 2.05) is 18.2 Å². The Morgan fingerprint density at radius 1 is 1.22 bits per heavy atom. The molecule has 0 aromatic heterocycles. The fraction of sp³-hybridized carbons (Fsp3) is 0.0714. The smallest absolute Gasteiger partial charge is 0.168 e. The van der Waals surface area contributed by atoms with Crippen molar-refractivity contribution >= 4 is 40.0 Å². The molecule has 92 valence electrons. The topological polar surface area (TPSA) is 17.1 Å². The molecule has 1 nitrogen and oxygen atoms in total. The van der Waals surface area contributed by atoms with Gasteiger partial charge in [-0.1, -0.05) is 35.9 Å². The van der Waals surface area contributed by atoms with Crippen LogP contribution in [0.2, 0.25) is 5.02 Å². The minimum absolute atomic E-state index is 0.0199. The summed E-state index contributed by atoms with van der Waals surface area (Å²) in [6.07, 6.45) is 0.180. The van der Waals surface area contributed by atoms with E-state index < -0.39 is 5.82 Å². The Morgan fingerprint density at radius 3 is 2.61 bits per heavy atom. The SMILES string of the molecule is O=C(Cc1ccc(F)cc1Cl)c1ccccc1I. The molecule has 0 aliphatic heterocycles. The first-order valence-electron chi connectivity index (χ1n) is 5.29. The van der Waals surface area contributed by atoms with Crippen molar-refractivity contribution in [2.24, 2.45) is 0 Å². The molecule has 0 bridgehead atoms. The molecule has 0 N–H and O–H groups in total. The zero-order valence-electron chi connectivity index (χ0n) is 9.29. The second-order valence-electron chi connectivity index (χ2n) is 3.82. The molecule has 2 aromatic rings. The lowest BCUT2D eigenvalue weighted by Crippen LogP contribution is -2.06. The van der Waals surface area contributed by atoms with Crippen LogP contribution in [0.3, 0.4) is 0 Å². The molecule has 2 aromatic carbocycles. The molecular weight excluding hydrogens is 366 g/mol. The van der Waals surface area contributed by atoms with Gasteiger partial charge in [-0.3, -0.25) is 4.79 Å². The fourth-order valence-corrected chi connectivity index (χ4v) is 2.54. The zero-order chi connectivity index (χ0) is 13.1. The number of carbonyl (C=O) groups is 1. The van der Waals surface area contributed by atoms with Crippen LogP contribution in [0, 0.1) is 9.39 Å². The third kappa shape index (κ3) is 3.09. The molecule has 0 amide bonds.